The van der Waals surface area contributed by atoms with Gasteiger partial charge in [-0.2, -0.15) is 26.3 Å². The number of carboxylic acid groups (broad SMARTS) is 2. The van der Waals surface area contributed by atoms with Gasteiger partial charge in [-0.3, -0.25) is 9.69 Å². The van der Waals surface area contributed by atoms with Crippen molar-refractivity contribution in [3.05, 3.63) is 35.0 Å². The van der Waals surface area contributed by atoms with Crippen LogP contribution in [-0.4, -0.2) is 93.0 Å². The van der Waals surface area contributed by atoms with Crippen LogP contribution in [0.25, 0.3) is 0 Å². The lowest BCUT2D eigenvalue weighted by Gasteiger charge is -2.32. The predicted molar refractivity (Wildman–Crippen MR) is 140 cm³/mol. The molecule has 2 aliphatic heterocycles. The van der Waals surface area contributed by atoms with Gasteiger partial charge in [0.1, 0.15) is 5.01 Å². The zero-order valence-corrected chi connectivity index (χ0v) is 23.5. The molecule has 238 valence electrons. The normalized spacial score (nSPS) is 22.2. The number of aliphatic carboxylic acids is 2. The molecule has 3 fully saturated rings. The van der Waals surface area contributed by atoms with Crippen LogP contribution in [0.3, 0.4) is 0 Å². The third kappa shape index (κ3) is 10.0. The molecule has 43 heavy (non-hydrogen) atoms. The van der Waals surface area contributed by atoms with Crippen molar-refractivity contribution in [2.24, 2.45) is 17.3 Å². The molecule has 0 radical (unpaired) electrons. The van der Waals surface area contributed by atoms with E-state index in [-0.39, 0.29) is 17.2 Å². The summed E-state index contributed by atoms with van der Waals surface area (Å²) in [4.78, 5) is 49.3. The summed E-state index contributed by atoms with van der Waals surface area (Å²) in [7, 11) is 0. The Morgan fingerprint density at radius 1 is 0.977 bits per heavy atom. The van der Waals surface area contributed by atoms with Crippen molar-refractivity contribution < 1.29 is 50.9 Å². The summed E-state index contributed by atoms with van der Waals surface area (Å²) >= 11 is 1.71. The summed E-state index contributed by atoms with van der Waals surface area (Å²) in [5.74, 6) is -3.57. The van der Waals surface area contributed by atoms with Crippen LogP contribution >= 0.6 is 11.3 Å². The number of halogens is 6. The van der Waals surface area contributed by atoms with Crippen LogP contribution in [0.2, 0.25) is 0 Å². The van der Waals surface area contributed by atoms with E-state index in [4.69, 9.17) is 19.8 Å². The van der Waals surface area contributed by atoms with E-state index < -0.39 is 24.3 Å². The summed E-state index contributed by atoms with van der Waals surface area (Å²) in [5.41, 5.74) is -0.355. The van der Waals surface area contributed by atoms with Gasteiger partial charge in [-0.1, -0.05) is 0 Å². The Morgan fingerprint density at radius 3 is 2.09 bits per heavy atom. The fourth-order valence-electron chi connectivity index (χ4n) is 4.89. The topological polar surface area (TPSA) is 149 Å². The first kappa shape index (κ1) is 34.0. The van der Waals surface area contributed by atoms with Crippen molar-refractivity contribution in [3.8, 4) is 0 Å². The maximum atomic E-state index is 13.5. The number of carbonyl (C=O) groups excluding carboxylic acids is 1. The molecule has 0 bridgehead atoms. The first-order chi connectivity index (χ1) is 20.1. The van der Waals surface area contributed by atoms with Gasteiger partial charge in [0, 0.05) is 56.1 Å². The summed E-state index contributed by atoms with van der Waals surface area (Å²) in [5, 5.41) is 20.7. The van der Waals surface area contributed by atoms with Gasteiger partial charge in [-0.25, -0.2) is 24.5 Å². The Kier molecular flexibility index (Phi) is 11.3. The first-order valence-corrected chi connectivity index (χ1v) is 14.0. The first-order valence-electron chi connectivity index (χ1n) is 13.1. The second kappa shape index (κ2) is 14.3. The molecule has 1 saturated carbocycles. The highest BCUT2D eigenvalue weighted by Crippen LogP contribution is 2.44. The number of nitrogens with one attached hydrogen (secondary N) is 1. The standard InChI is InChI=1S/C21H28N6OS.2C2HF3O2/c28-19(25-11-16-3-4-16)21-5-1-9-26(14-18-22-8-10-29-18)12-17(21)13-27(15-21)20-23-6-2-7-24-20;2*3-2(4,5)1(6)7/h2,6-8,10,16-17H,1,3-5,9,11-15H2,(H,25,28);2*(H,6,7)/t17-,21+;;/m0../s1. The second-order valence-electron chi connectivity index (χ2n) is 10.3. The number of likely N-dealkylation sites (tertiary alicyclic amines) is 1. The molecule has 1 amide bonds. The Morgan fingerprint density at radius 2 is 1.58 bits per heavy atom. The lowest BCUT2D eigenvalue weighted by atomic mass is 9.74. The van der Waals surface area contributed by atoms with Crippen molar-refractivity contribution >= 4 is 35.1 Å². The number of alkyl halides is 6. The highest BCUT2D eigenvalue weighted by molar-refractivity contribution is 7.09. The SMILES string of the molecule is O=C(NCC1CC1)[C@@]12CCCN(Cc3nccs3)C[C@H]1CN(c1ncccn1)C2.O=C(O)C(F)(F)F.O=C(O)C(F)(F)F. The van der Waals surface area contributed by atoms with E-state index in [9.17, 15) is 31.1 Å². The van der Waals surface area contributed by atoms with Crippen LogP contribution < -0.4 is 10.2 Å². The number of thiazole rings is 1. The highest BCUT2D eigenvalue weighted by atomic mass is 32.1. The van der Waals surface area contributed by atoms with E-state index in [1.807, 2.05) is 17.6 Å². The molecule has 1 aliphatic carbocycles. The van der Waals surface area contributed by atoms with Gasteiger partial charge >= 0.3 is 24.3 Å². The van der Waals surface area contributed by atoms with Crippen molar-refractivity contribution in [3.63, 3.8) is 0 Å². The average molecular weight is 641 g/mol. The number of carboxylic acids is 2. The van der Waals surface area contributed by atoms with Gasteiger partial charge in [0.15, 0.2) is 0 Å². The molecular weight excluding hydrogens is 610 g/mol. The Labute approximate surface area is 245 Å². The van der Waals surface area contributed by atoms with E-state index in [1.54, 1.807) is 23.7 Å². The smallest absolute Gasteiger partial charge is 0.475 e. The summed E-state index contributed by atoms with van der Waals surface area (Å²) in [6, 6.07) is 1.84. The van der Waals surface area contributed by atoms with Crippen LogP contribution in [0.4, 0.5) is 32.3 Å². The number of rotatable bonds is 6. The van der Waals surface area contributed by atoms with Crippen LogP contribution in [0.5, 0.6) is 0 Å². The highest BCUT2D eigenvalue weighted by Gasteiger charge is 2.53. The number of nitrogens with zero attached hydrogens (tertiary/aromatic N) is 5. The molecule has 4 heterocycles. The van der Waals surface area contributed by atoms with Gasteiger partial charge in [0.2, 0.25) is 11.9 Å². The minimum Gasteiger partial charge on any atom is -0.475 e. The molecular formula is C25H30F6N6O5S. The lowest BCUT2D eigenvalue weighted by molar-refractivity contribution is -0.193. The molecule has 5 rings (SSSR count). The Balaban J connectivity index is 0.000000303. The molecule has 2 aromatic heterocycles. The molecule has 2 aromatic rings. The zero-order chi connectivity index (χ0) is 31.8. The molecule has 0 spiro atoms. The number of anilines is 1. The van der Waals surface area contributed by atoms with E-state index >= 15 is 0 Å². The zero-order valence-electron chi connectivity index (χ0n) is 22.6. The average Bonchev–Trinajstić information content (AvgIpc) is 3.54. The maximum absolute atomic E-state index is 13.5. The van der Waals surface area contributed by atoms with Crippen LogP contribution in [0.1, 0.15) is 30.7 Å². The molecule has 0 unspecified atom stereocenters. The molecule has 3 aliphatic rings. The molecule has 18 heteroatoms. The van der Waals surface area contributed by atoms with Gasteiger partial charge < -0.3 is 20.4 Å². The van der Waals surface area contributed by atoms with Gasteiger partial charge in [-0.15, -0.1) is 11.3 Å². The van der Waals surface area contributed by atoms with Crippen molar-refractivity contribution in [1.29, 1.82) is 0 Å². The fourth-order valence-corrected chi connectivity index (χ4v) is 5.55. The van der Waals surface area contributed by atoms with Gasteiger partial charge in [0.25, 0.3) is 0 Å². The number of fused-ring (bicyclic) bond motifs is 1. The minimum absolute atomic E-state index is 0.240. The molecule has 0 aromatic carbocycles. The number of hydrogen-bond donors (Lipinski definition) is 3. The van der Waals surface area contributed by atoms with Crippen LogP contribution in [0.15, 0.2) is 30.0 Å². The monoisotopic (exact) mass is 640 g/mol. The summed E-state index contributed by atoms with van der Waals surface area (Å²) < 4.78 is 63.5. The lowest BCUT2D eigenvalue weighted by Crippen LogP contribution is -2.48. The van der Waals surface area contributed by atoms with Crippen molar-refractivity contribution in [1.82, 2.24) is 25.2 Å². The third-order valence-electron chi connectivity index (χ3n) is 7.13. The molecule has 3 N–H and O–H groups in total. The van der Waals surface area contributed by atoms with E-state index in [0.29, 0.717) is 12.5 Å². The fraction of sp³-hybridized carbons (Fsp3) is 0.600. The Bertz CT molecular complexity index is 1190. The number of amides is 1. The quantitative estimate of drug-likeness (QED) is 0.401. The molecule has 11 nitrogen and oxygen atoms in total. The molecule has 2 saturated heterocycles. The molecule has 2 atom stereocenters. The predicted octanol–water partition coefficient (Wildman–Crippen LogP) is 3.44. The number of carbonyl (C=O) groups is 3. The van der Waals surface area contributed by atoms with Crippen LogP contribution in [0, 0.1) is 17.3 Å². The van der Waals surface area contributed by atoms with Gasteiger partial charge in [-0.05, 0) is 44.2 Å². The summed E-state index contributed by atoms with van der Waals surface area (Å²) in [6.45, 7) is 5.18. The van der Waals surface area contributed by atoms with Crippen LogP contribution in [-0.2, 0) is 20.9 Å². The van der Waals surface area contributed by atoms with E-state index in [2.05, 4.69) is 30.1 Å². The number of aromatic nitrogens is 3. The summed E-state index contributed by atoms with van der Waals surface area (Å²) in [6.07, 6.45) is -0.271. The van der Waals surface area contributed by atoms with Crippen molar-refractivity contribution in [2.45, 2.75) is 44.6 Å². The number of hydrogen-bond acceptors (Lipinski definition) is 9. The van der Waals surface area contributed by atoms with Gasteiger partial charge in [0.05, 0.1) is 12.0 Å². The third-order valence-corrected chi connectivity index (χ3v) is 7.90. The maximum Gasteiger partial charge on any atom is 0.490 e. The minimum atomic E-state index is -5.08. The Hall–Kier alpha value is -3.54. The van der Waals surface area contributed by atoms with E-state index in [1.165, 1.54) is 12.8 Å². The second-order valence-corrected chi connectivity index (χ2v) is 11.3. The van der Waals surface area contributed by atoms with Crippen molar-refractivity contribution in [2.75, 3.05) is 37.6 Å². The largest absolute Gasteiger partial charge is 0.490 e. The van der Waals surface area contributed by atoms with E-state index in [0.717, 1.165) is 56.5 Å².